The molecule has 20 heavy (non-hydrogen) atoms. The maximum Gasteiger partial charge on any atom is 0.137 e. The average Bonchev–Trinajstić information content (AvgIpc) is 2.44. The second-order valence-corrected chi connectivity index (χ2v) is 7.02. The number of rotatable bonds is 4. The number of nitrogens with zero attached hydrogens (tertiary/aromatic N) is 1. The standard InChI is InChI=1S/C16H24BrFN2/c1-16(2,20-9-4-3-5-10-20)14(19)11-12-7-6-8-13(18)15(12)17/h6-8,14H,3-5,9-11,19H2,1-2H3. The fraction of sp³-hybridized carbons (Fsp3) is 0.625. The Morgan fingerprint density at radius 3 is 2.60 bits per heavy atom. The van der Waals surface area contributed by atoms with Gasteiger partial charge >= 0.3 is 0 Å². The summed E-state index contributed by atoms with van der Waals surface area (Å²) in [6.45, 7) is 6.64. The van der Waals surface area contributed by atoms with Gasteiger partial charge in [0.2, 0.25) is 0 Å². The van der Waals surface area contributed by atoms with Gasteiger partial charge in [0, 0.05) is 11.6 Å². The van der Waals surface area contributed by atoms with Gasteiger partial charge in [0.15, 0.2) is 0 Å². The second-order valence-electron chi connectivity index (χ2n) is 6.22. The van der Waals surface area contributed by atoms with Crippen molar-refractivity contribution in [1.82, 2.24) is 4.90 Å². The van der Waals surface area contributed by atoms with Crippen molar-refractivity contribution in [2.24, 2.45) is 5.73 Å². The van der Waals surface area contributed by atoms with Gasteiger partial charge in [0.25, 0.3) is 0 Å². The van der Waals surface area contributed by atoms with Gasteiger partial charge < -0.3 is 5.73 Å². The van der Waals surface area contributed by atoms with Crippen LogP contribution in [0.4, 0.5) is 4.39 Å². The maximum atomic E-state index is 13.6. The van der Waals surface area contributed by atoms with Crippen LogP contribution >= 0.6 is 15.9 Å². The summed E-state index contributed by atoms with van der Waals surface area (Å²) in [7, 11) is 0. The fourth-order valence-electron chi connectivity index (χ4n) is 2.90. The summed E-state index contributed by atoms with van der Waals surface area (Å²) < 4.78 is 14.1. The van der Waals surface area contributed by atoms with Crippen LogP contribution in [-0.4, -0.2) is 29.6 Å². The molecule has 1 aliphatic heterocycles. The number of likely N-dealkylation sites (tertiary alicyclic amines) is 1. The van der Waals surface area contributed by atoms with Crippen molar-refractivity contribution in [3.8, 4) is 0 Å². The molecule has 0 aliphatic carbocycles. The lowest BCUT2D eigenvalue weighted by atomic mass is 9.87. The van der Waals surface area contributed by atoms with Crippen LogP contribution in [0.1, 0.15) is 38.7 Å². The quantitative estimate of drug-likeness (QED) is 0.903. The molecule has 1 saturated heterocycles. The van der Waals surface area contributed by atoms with E-state index in [2.05, 4.69) is 34.7 Å². The number of benzene rings is 1. The number of halogens is 2. The molecule has 1 unspecified atom stereocenters. The highest BCUT2D eigenvalue weighted by Crippen LogP contribution is 2.27. The van der Waals surface area contributed by atoms with Crippen molar-refractivity contribution >= 4 is 15.9 Å². The molecular weight excluding hydrogens is 319 g/mol. The zero-order valence-corrected chi connectivity index (χ0v) is 13.9. The smallest absolute Gasteiger partial charge is 0.137 e. The number of piperidine rings is 1. The molecule has 1 heterocycles. The number of hydrogen-bond acceptors (Lipinski definition) is 2. The predicted octanol–water partition coefficient (Wildman–Crippen LogP) is 3.72. The van der Waals surface area contributed by atoms with Crippen LogP contribution in [0.3, 0.4) is 0 Å². The van der Waals surface area contributed by atoms with Crippen LogP contribution < -0.4 is 5.73 Å². The van der Waals surface area contributed by atoms with Crippen LogP contribution in [0.2, 0.25) is 0 Å². The van der Waals surface area contributed by atoms with Crippen molar-refractivity contribution in [1.29, 1.82) is 0 Å². The summed E-state index contributed by atoms with van der Waals surface area (Å²) in [5.41, 5.74) is 7.33. The van der Waals surface area contributed by atoms with Crippen molar-refractivity contribution in [2.45, 2.75) is 51.1 Å². The van der Waals surface area contributed by atoms with Crippen LogP contribution in [-0.2, 0) is 6.42 Å². The third-order valence-electron chi connectivity index (χ3n) is 4.55. The molecule has 1 aliphatic rings. The first kappa shape index (κ1) is 15.9. The number of nitrogens with two attached hydrogens (primary N) is 1. The normalized spacial score (nSPS) is 19.1. The molecule has 2 N–H and O–H groups in total. The zero-order valence-electron chi connectivity index (χ0n) is 12.3. The molecule has 1 aromatic rings. The molecule has 0 spiro atoms. The van der Waals surface area contributed by atoms with Crippen LogP contribution in [0.15, 0.2) is 22.7 Å². The van der Waals surface area contributed by atoms with E-state index in [0.717, 1.165) is 18.7 Å². The highest BCUT2D eigenvalue weighted by Gasteiger charge is 2.34. The molecule has 0 bridgehead atoms. The third kappa shape index (κ3) is 3.41. The van der Waals surface area contributed by atoms with E-state index in [1.807, 2.05) is 6.07 Å². The van der Waals surface area contributed by atoms with Crippen LogP contribution in [0.25, 0.3) is 0 Å². The van der Waals surface area contributed by atoms with Gasteiger partial charge in [0.1, 0.15) is 5.82 Å². The van der Waals surface area contributed by atoms with Crippen molar-refractivity contribution in [2.75, 3.05) is 13.1 Å². The minimum absolute atomic E-state index is 0.0151. The molecular formula is C16H24BrFN2. The van der Waals surface area contributed by atoms with E-state index in [1.54, 1.807) is 6.07 Å². The maximum absolute atomic E-state index is 13.6. The lowest BCUT2D eigenvalue weighted by Crippen LogP contribution is -2.58. The topological polar surface area (TPSA) is 29.3 Å². The first-order valence-electron chi connectivity index (χ1n) is 7.36. The molecule has 0 saturated carbocycles. The lowest BCUT2D eigenvalue weighted by molar-refractivity contribution is 0.0731. The second kappa shape index (κ2) is 6.54. The van der Waals surface area contributed by atoms with Crippen LogP contribution in [0.5, 0.6) is 0 Å². The summed E-state index contributed by atoms with van der Waals surface area (Å²) >= 11 is 3.33. The molecule has 0 amide bonds. The Morgan fingerprint density at radius 1 is 1.30 bits per heavy atom. The molecule has 112 valence electrons. The van der Waals surface area contributed by atoms with E-state index in [9.17, 15) is 4.39 Å². The summed E-state index contributed by atoms with van der Waals surface area (Å²) in [5, 5.41) is 0. The molecule has 1 fully saturated rings. The Kier molecular flexibility index (Phi) is 5.21. The van der Waals surface area contributed by atoms with Gasteiger partial charge in [-0.15, -0.1) is 0 Å². The monoisotopic (exact) mass is 342 g/mol. The van der Waals surface area contributed by atoms with E-state index >= 15 is 0 Å². The summed E-state index contributed by atoms with van der Waals surface area (Å²) in [6, 6.07) is 5.14. The number of hydrogen-bond donors (Lipinski definition) is 1. The third-order valence-corrected chi connectivity index (χ3v) is 5.44. The molecule has 0 radical (unpaired) electrons. The summed E-state index contributed by atoms with van der Waals surface area (Å²) in [4.78, 5) is 2.48. The predicted molar refractivity (Wildman–Crippen MR) is 85.3 cm³/mol. The minimum Gasteiger partial charge on any atom is -0.326 e. The van der Waals surface area contributed by atoms with Crippen molar-refractivity contribution in [3.05, 3.63) is 34.1 Å². The van der Waals surface area contributed by atoms with Gasteiger partial charge in [-0.3, -0.25) is 4.90 Å². The average molecular weight is 343 g/mol. The summed E-state index contributed by atoms with van der Waals surface area (Å²) in [6.07, 6.45) is 4.50. The van der Waals surface area contributed by atoms with Gasteiger partial charge in [-0.1, -0.05) is 18.6 Å². The molecule has 2 rings (SSSR count). The van der Waals surface area contributed by atoms with E-state index in [4.69, 9.17) is 5.73 Å². The molecule has 0 aromatic heterocycles. The van der Waals surface area contributed by atoms with Crippen LogP contribution in [0, 0.1) is 5.82 Å². The van der Waals surface area contributed by atoms with E-state index in [0.29, 0.717) is 10.9 Å². The Balaban J connectivity index is 2.09. The van der Waals surface area contributed by atoms with Gasteiger partial charge in [-0.05, 0) is 73.8 Å². The molecule has 2 nitrogen and oxygen atoms in total. The fourth-order valence-corrected chi connectivity index (χ4v) is 3.32. The van der Waals surface area contributed by atoms with E-state index < -0.39 is 0 Å². The zero-order chi connectivity index (χ0) is 14.8. The van der Waals surface area contributed by atoms with Gasteiger partial charge in [-0.2, -0.15) is 0 Å². The summed E-state index contributed by atoms with van der Waals surface area (Å²) in [5.74, 6) is -0.217. The van der Waals surface area contributed by atoms with Gasteiger partial charge in [0.05, 0.1) is 4.47 Å². The Morgan fingerprint density at radius 2 is 1.95 bits per heavy atom. The van der Waals surface area contributed by atoms with E-state index in [1.165, 1.54) is 25.3 Å². The molecule has 1 aromatic carbocycles. The Hall–Kier alpha value is -0.450. The minimum atomic E-state index is -0.217. The SMILES string of the molecule is CC(C)(C(N)Cc1cccc(F)c1Br)N1CCCCC1. The first-order chi connectivity index (χ1) is 9.43. The first-order valence-corrected chi connectivity index (χ1v) is 8.15. The molecule has 1 atom stereocenters. The molecule has 4 heteroatoms. The Labute approximate surface area is 129 Å². The largest absolute Gasteiger partial charge is 0.326 e. The highest BCUT2D eigenvalue weighted by molar-refractivity contribution is 9.10. The van der Waals surface area contributed by atoms with Gasteiger partial charge in [-0.25, -0.2) is 4.39 Å². The Bertz CT molecular complexity index is 456. The lowest BCUT2D eigenvalue weighted by Gasteiger charge is -2.44. The van der Waals surface area contributed by atoms with Crippen molar-refractivity contribution < 1.29 is 4.39 Å². The van der Waals surface area contributed by atoms with Crippen molar-refractivity contribution in [3.63, 3.8) is 0 Å². The van der Waals surface area contributed by atoms with E-state index in [-0.39, 0.29) is 17.4 Å². The highest BCUT2D eigenvalue weighted by atomic mass is 79.9.